The summed E-state index contributed by atoms with van der Waals surface area (Å²) in [6.45, 7) is 5.23. The number of aromatic nitrogens is 1. The lowest BCUT2D eigenvalue weighted by atomic mass is 10.2. The quantitative estimate of drug-likeness (QED) is 0.857. The van der Waals surface area contributed by atoms with Crippen molar-refractivity contribution in [3.63, 3.8) is 0 Å². The molecule has 0 atom stereocenters. The maximum absolute atomic E-state index is 12.5. The average Bonchev–Trinajstić information content (AvgIpc) is 2.68. The molecule has 2 heterocycles. The number of rotatable bonds is 4. The van der Waals surface area contributed by atoms with Gasteiger partial charge in [0.25, 0.3) is 10.0 Å². The Bertz CT molecular complexity index is 784. The standard InChI is InChI=1S/C13H16BrN3O3S/c1-7-4-12(16-6-11(7)14)17-21(18,19)13-9(3)20-8(2)10(13)5-15/h4,6H,5,15H2,1-3H3,(H,16,17). The zero-order valence-electron chi connectivity index (χ0n) is 11.9. The van der Waals surface area contributed by atoms with Gasteiger partial charge in [-0.2, -0.15) is 0 Å². The summed E-state index contributed by atoms with van der Waals surface area (Å²) < 4.78 is 33.7. The van der Waals surface area contributed by atoms with Crippen molar-refractivity contribution in [3.05, 3.63) is 39.4 Å². The van der Waals surface area contributed by atoms with Gasteiger partial charge in [0.1, 0.15) is 22.2 Å². The molecule has 2 aromatic heterocycles. The average molecular weight is 374 g/mol. The molecular formula is C13H16BrN3O3S. The molecule has 3 N–H and O–H groups in total. The maximum Gasteiger partial charge on any atom is 0.266 e. The molecule has 0 radical (unpaired) electrons. The molecule has 0 aliphatic carbocycles. The lowest BCUT2D eigenvalue weighted by Gasteiger charge is -2.09. The number of furan rings is 1. The minimum Gasteiger partial charge on any atom is -0.465 e. The number of nitrogens with one attached hydrogen (secondary N) is 1. The number of hydrogen-bond acceptors (Lipinski definition) is 5. The van der Waals surface area contributed by atoms with E-state index < -0.39 is 10.0 Å². The fraction of sp³-hybridized carbons (Fsp3) is 0.308. The first-order valence-corrected chi connectivity index (χ1v) is 8.47. The summed E-state index contributed by atoms with van der Waals surface area (Å²) in [7, 11) is -3.80. The van der Waals surface area contributed by atoms with Crippen molar-refractivity contribution in [1.82, 2.24) is 4.98 Å². The van der Waals surface area contributed by atoms with E-state index in [2.05, 4.69) is 25.6 Å². The summed E-state index contributed by atoms with van der Waals surface area (Å²) in [6.07, 6.45) is 1.55. The van der Waals surface area contributed by atoms with Crippen LogP contribution in [0.25, 0.3) is 0 Å². The summed E-state index contributed by atoms with van der Waals surface area (Å²) >= 11 is 3.32. The minimum atomic E-state index is -3.80. The number of aryl methyl sites for hydroxylation is 3. The van der Waals surface area contributed by atoms with E-state index in [-0.39, 0.29) is 17.3 Å². The van der Waals surface area contributed by atoms with E-state index >= 15 is 0 Å². The molecule has 0 aliphatic rings. The van der Waals surface area contributed by atoms with Crippen LogP contribution in [0.5, 0.6) is 0 Å². The summed E-state index contributed by atoms with van der Waals surface area (Å²) in [5.41, 5.74) is 6.98. The van der Waals surface area contributed by atoms with Gasteiger partial charge in [-0.15, -0.1) is 0 Å². The second-order valence-electron chi connectivity index (χ2n) is 4.65. The van der Waals surface area contributed by atoms with Crippen LogP contribution in [-0.4, -0.2) is 13.4 Å². The predicted molar refractivity (Wildman–Crippen MR) is 83.6 cm³/mol. The van der Waals surface area contributed by atoms with Gasteiger partial charge in [0.05, 0.1) is 0 Å². The highest BCUT2D eigenvalue weighted by Crippen LogP contribution is 2.28. The zero-order valence-corrected chi connectivity index (χ0v) is 14.3. The Hall–Kier alpha value is -1.38. The molecule has 0 saturated heterocycles. The monoisotopic (exact) mass is 373 g/mol. The van der Waals surface area contributed by atoms with Gasteiger partial charge in [0.15, 0.2) is 0 Å². The van der Waals surface area contributed by atoms with Crippen molar-refractivity contribution < 1.29 is 12.8 Å². The Morgan fingerprint density at radius 3 is 2.57 bits per heavy atom. The predicted octanol–water partition coefficient (Wildman–Crippen LogP) is 2.62. The summed E-state index contributed by atoms with van der Waals surface area (Å²) in [5, 5.41) is 0. The molecule has 0 unspecified atom stereocenters. The van der Waals surface area contributed by atoms with Gasteiger partial charge in [-0.1, -0.05) is 0 Å². The van der Waals surface area contributed by atoms with E-state index in [0.29, 0.717) is 17.1 Å². The molecule has 8 heteroatoms. The SMILES string of the molecule is Cc1cc(NS(=O)(=O)c2c(C)oc(C)c2CN)ncc1Br. The number of pyridine rings is 1. The fourth-order valence-electron chi connectivity index (χ4n) is 2.08. The van der Waals surface area contributed by atoms with Crippen LogP contribution in [0.4, 0.5) is 5.82 Å². The van der Waals surface area contributed by atoms with Gasteiger partial charge >= 0.3 is 0 Å². The van der Waals surface area contributed by atoms with Crippen LogP contribution in [0.15, 0.2) is 26.0 Å². The minimum absolute atomic E-state index is 0.0878. The third-order valence-electron chi connectivity index (χ3n) is 3.08. The normalized spacial score (nSPS) is 11.7. The number of nitrogens with zero attached hydrogens (tertiary/aromatic N) is 1. The second kappa shape index (κ2) is 5.78. The Labute approximate surface area is 131 Å². The fourth-order valence-corrected chi connectivity index (χ4v) is 3.76. The van der Waals surface area contributed by atoms with Crippen molar-refractivity contribution in [3.8, 4) is 0 Å². The molecule has 2 rings (SSSR count). The van der Waals surface area contributed by atoms with Crippen molar-refractivity contribution in [2.75, 3.05) is 4.72 Å². The Balaban J connectivity index is 2.45. The van der Waals surface area contributed by atoms with Gasteiger partial charge in [-0.25, -0.2) is 13.4 Å². The number of sulfonamides is 1. The first-order chi connectivity index (χ1) is 9.76. The third-order valence-corrected chi connectivity index (χ3v) is 5.46. The van der Waals surface area contributed by atoms with Crippen LogP contribution in [0, 0.1) is 20.8 Å². The number of hydrogen-bond donors (Lipinski definition) is 2. The van der Waals surface area contributed by atoms with Gasteiger partial charge in [0, 0.05) is 22.8 Å². The number of nitrogens with two attached hydrogens (primary N) is 1. The highest BCUT2D eigenvalue weighted by atomic mass is 79.9. The topological polar surface area (TPSA) is 98.2 Å². The highest BCUT2D eigenvalue weighted by Gasteiger charge is 2.26. The van der Waals surface area contributed by atoms with Crippen molar-refractivity contribution in [2.45, 2.75) is 32.2 Å². The lowest BCUT2D eigenvalue weighted by molar-refractivity contribution is 0.494. The molecule has 21 heavy (non-hydrogen) atoms. The zero-order chi connectivity index (χ0) is 15.8. The molecule has 0 bridgehead atoms. The van der Waals surface area contributed by atoms with E-state index in [1.54, 1.807) is 26.1 Å². The molecule has 0 aliphatic heterocycles. The van der Waals surface area contributed by atoms with Crippen molar-refractivity contribution in [2.24, 2.45) is 5.73 Å². The summed E-state index contributed by atoms with van der Waals surface area (Å²) in [4.78, 5) is 4.13. The molecule has 0 spiro atoms. The first-order valence-electron chi connectivity index (χ1n) is 6.20. The van der Waals surface area contributed by atoms with Crippen molar-refractivity contribution in [1.29, 1.82) is 0 Å². The van der Waals surface area contributed by atoms with Crippen LogP contribution in [0.1, 0.15) is 22.6 Å². The van der Waals surface area contributed by atoms with Gasteiger partial charge < -0.3 is 10.2 Å². The van der Waals surface area contributed by atoms with E-state index in [4.69, 9.17) is 10.2 Å². The largest absolute Gasteiger partial charge is 0.465 e. The lowest BCUT2D eigenvalue weighted by Crippen LogP contribution is -2.17. The first kappa shape index (κ1) is 16.0. The Kier molecular flexibility index (Phi) is 4.40. The van der Waals surface area contributed by atoms with Crippen LogP contribution in [0.3, 0.4) is 0 Å². The van der Waals surface area contributed by atoms with Gasteiger partial charge in [-0.3, -0.25) is 4.72 Å². The van der Waals surface area contributed by atoms with Crippen LogP contribution in [-0.2, 0) is 16.6 Å². The molecule has 2 aromatic rings. The van der Waals surface area contributed by atoms with Gasteiger partial charge in [-0.05, 0) is 48.3 Å². The third kappa shape index (κ3) is 3.12. The van der Waals surface area contributed by atoms with E-state index in [9.17, 15) is 8.42 Å². The second-order valence-corrected chi connectivity index (χ2v) is 7.12. The maximum atomic E-state index is 12.5. The van der Waals surface area contributed by atoms with Crippen LogP contribution < -0.4 is 10.5 Å². The van der Waals surface area contributed by atoms with E-state index in [1.165, 1.54) is 0 Å². The Morgan fingerprint density at radius 1 is 1.33 bits per heavy atom. The van der Waals surface area contributed by atoms with Gasteiger partial charge in [0.2, 0.25) is 0 Å². The molecule has 0 amide bonds. The summed E-state index contributed by atoms with van der Waals surface area (Å²) in [6, 6.07) is 1.64. The van der Waals surface area contributed by atoms with Crippen LogP contribution >= 0.6 is 15.9 Å². The number of anilines is 1. The molecular weight excluding hydrogens is 358 g/mol. The Morgan fingerprint density at radius 2 is 2.00 bits per heavy atom. The molecule has 6 nitrogen and oxygen atoms in total. The number of halogens is 1. The highest BCUT2D eigenvalue weighted by molar-refractivity contribution is 9.10. The molecule has 114 valence electrons. The molecule has 0 aromatic carbocycles. The summed E-state index contributed by atoms with van der Waals surface area (Å²) in [5.74, 6) is 1.07. The van der Waals surface area contributed by atoms with Crippen molar-refractivity contribution >= 4 is 31.8 Å². The molecule has 0 fully saturated rings. The van der Waals surface area contributed by atoms with E-state index in [0.717, 1.165) is 10.0 Å². The smallest absolute Gasteiger partial charge is 0.266 e. The van der Waals surface area contributed by atoms with E-state index in [1.807, 2.05) is 6.92 Å². The van der Waals surface area contributed by atoms with Crippen LogP contribution in [0.2, 0.25) is 0 Å². The molecule has 0 saturated carbocycles.